The van der Waals surface area contributed by atoms with Crippen molar-refractivity contribution in [3.05, 3.63) is 35.5 Å². The fraction of sp³-hybridized carbons (Fsp3) is 0.625. The van der Waals surface area contributed by atoms with Crippen LogP contribution in [0.15, 0.2) is 35.5 Å². The maximum Gasteiger partial charge on any atom is 0.133 e. The van der Waals surface area contributed by atoms with Gasteiger partial charge in [0.25, 0.3) is 0 Å². The van der Waals surface area contributed by atoms with Crippen LogP contribution in [-0.2, 0) is 4.74 Å². The summed E-state index contributed by atoms with van der Waals surface area (Å²) in [6, 6.07) is 0. The summed E-state index contributed by atoms with van der Waals surface area (Å²) in [7, 11) is 0. The molecule has 2 rings (SSSR count). The second-order valence-corrected chi connectivity index (χ2v) is 6.89. The largest absolute Gasteiger partial charge is 0.381 e. The Hall–Kier alpha value is -0.380. The number of halogens is 1. The molecule has 1 unspecified atom stereocenters. The smallest absolute Gasteiger partial charge is 0.133 e. The lowest BCUT2D eigenvalue weighted by Crippen LogP contribution is -2.56. The zero-order chi connectivity index (χ0) is 14.3. The Kier molecular flexibility index (Phi) is 4.10. The third-order valence-corrected chi connectivity index (χ3v) is 5.62. The molecular weight excluding hydrogens is 304 g/mol. The van der Waals surface area contributed by atoms with E-state index in [0.717, 1.165) is 30.4 Å². The lowest BCUT2D eigenvalue weighted by Gasteiger charge is -2.44. The molecule has 0 radical (unpaired) electrons. The van der Waals surface area contributed by atoms with Crippen LogP contribution >= 0.6 is 15.9 Å². The lowest BCUT2D eigenvalue weighted by molar-refractivity contribution is -0.0150. The Morgan fingerprint density at radius 3 is 2.63 bits per heavy atom. The van der Waals surface area contributed by atoms with Crippen LogP contribution in [0.25, 0.3) is 0 Å². The normalized spacial score (nSPS) is 38.5. The zero-order valence-corrected chi connectivity index (χ0v) is 13.6. The lowest BCUT2D eigenvalue weighted by atomic mass is 9.69. The summed E-state index contributed by atoms with van der Waals surface area (Å²) in [5, 5.41) is 11.2. The standard InChI is InChI=1S/C16H23BrO2/c1-11(2)6-5-7-13(4)16(18)14(17)12(3)8-9-15(16)10-19-15/h6-7,14,18H,3,5,8-10H2,1-2,4H3/b13-7+/t14?,15-,16+/m0/s1. The summed E-state index contributed by atoms with van der Waals surface area (Å²) in [5.41, 5.74) is 1.96. The summed E-state index contributed by atoms with van der Waals surface area (Å²) >= 11 is 3.63. The maximum atomic E-state index is 11.2. The van der Waals surface area contributed by atoms with E-state index in [1.807, 2.05) is 6.92 Å². The van der Waals surface area contributed by atoms with Gasteiger partial charge in [0.1, 0.15) is 11.2 Å². The summed E-state index contributed by atoms with van der Waals surface area (Å²) in [4.78, 5) is -0.126. The van der Waals surface area contributed by atoms with Crippen LogP contribution in [0.3, 0.4) is 0 Å². The van der Waals surface area contributed by atoms with Crippen molar-refractivity contribution in [2.75, 3.05) is 6.61 Å². The molecule has 0 amide bonds. The number of hydrogen-bond donors (Lipinski definition) is 1. The highest BCUT2D eigenvalue weighted by Gasteiger charge is 2.66. The number of ether oxygens (including phenoxy) is 1. The molecule has 19 heavy (non-hydrogen) atoms. The summed E-state index contributed by atoms with van der Waals surface area (Å²) < 4.78 is 5.64. The number of allylic oxidation sites excluding steroid dienone is 3. The van der Waals surface area contributed by atoms with Gasteiger partial charge in [-0.1, -0.05) is 45.8 Å². The molecule has 106 valence electrons. The van der Waals surface area contributed by atoms with Gasteiger partial charge in [0.05, 0.1) is 11.4 Å². The molecule has 1 N–H and O–H groups in total. The first-order valence-corrected chi connectivity index (χ1v) is 7.74. The van der Waals surface area contributed by atoms with Gasteiger partial charge in [-0.3, -0.25) is 0 Å². The monoisotopic (exact) mass is 326 g/mol. The van der Waals surface area contributed by atoms with E-state index in [0.29, 0.717) is 6.61 Å². The molecule has 1 spiro atoms. The van der Waals surface area contributed by atoms with Crippen molar-refractivity contribution in [3.8, 4) is 0 Å². The minimum Gasteiger partial charge on any atom is -0.381 e. The van der Waals surface area contributed by atoms with E-state index < -0.39 is 11.2 Å². The van der Waals surface area contributed by atoms with Crippen LogP contribution in [0.2, 0.25) is 0 Å². The molecule has 0 bridgehead atoms. The molecular formula is C16H23BrO2. The molecule has 0 aromatic heterocycles. The van der Waals surface area contributed by atoms with Crippen molar-refractivity contribution in [1.29, 1.82) is 0 Å². The highest BCUT2D eigenvalue weighted by Crippen LogP contribution is 2.55. The number of hydrogen-bond acceptors (Lipinski definition) is 2. The van der Waals surface area contributed by atoms with Crippen molar-refractivity contribution in [2.24, 2.45) is 0 Å². The molecule has 3 atom stereocenters. The van der Waals surface area contributed by atoms with E-state index in [-0.39, 0.29) is 4.83 Å². The molecule has 2 fully saturated rings. The van der Waals surface area contributed by atoms with Crippen LogP contribution in [-0.4, -0.2) is 27.7 Å². The van der Waals surface area contributed by atoms with Crippen LogP contribution < -0.4 is 0 Å². The molecule has 2 aliphatic rings. The van der Waals surface area contributed by atoms with Gasteiger partial charge in [-0.2, -0.15) is 0 Å². The van der Waals surface area contributed by atoms with Gasteiger partial charge in [-0.15, -0.1) is 0 Å². The third kappa shape index (κ3) is 2.48. The topological polar surface area (TPSA) is 32.8 Å². The van der Waals surface area contributed by atoms with Crippen LogP contribution in [0.1, 0.15) is 40.0 Å². The molecule has 1 saturated heterocycles. The molecule has 2 nitrogen and oxygen atoms in total. The highest BCUT2D eigenvalue weighted by atomic mass is 79.9. The van der Waals surface area contributed by atoms with Gasteiger partial charge in [0, 0.05) is 0 Å². The van der Waals surface area contributed by atoms with E-state index in [9.17, 15) is 5.11 Å². The van der Waals surface area contributed by atoms with Crippen molar-refractivity contribution in [3.63, 3.8) is 0 Å². The number of aliphatic hydroxyl groups is 1. The molecule has 3 heteroatoms. The predicted molar refractivity (Wildman–Crippen MR) is 82.5 cm³/mol. The average molecular weight is 327 g/mol. The second-order valence-electron chi connectivity index (χ2n) is 5.97. The summed E-state index contributed by atoms with van der Waals surface area (Å²) in [6.07, 6.45) is 6.88. The van der Waals surface area contributed by atoms with E-state index in [4.69, 9.17) is 4.74 Å². The van der Waals surface area contributed by atoms with Crippen molar-refractivity contribution in [1.82, 2.24) is 0 Å². The van der Waals surface area contributed by atoms with Gasteiger partial charge in [-0.25, -0.2) is 0 Å². The molecule has 1 aliphatic heterocycles. The van der Waals surface area contributed by atoms with Crippen molar-refractivity contribution >= 4 is 15.9 Å². The summed E-state index contributed by atoms with van der Waals surface area (Å²) in [5.74, 6) is 0. The first-order chi connectivity index (χ1) is 8.83. The molecule has 1 saturated carbocycles. The first-order valence-electron chi connectivity index (χ1n) is 6.82. The Morgan fingerprint density at radius 1 is 1.47 bits per heavy atom. The number of alkyl halides is 1. The SMILES string of the molecule is C=C1CC[C@]2(CO2)[C@@](O)(/C(C)=C/CC=C(C)C)C1Br. The zero-order valence-electron chi connectivity index (χ0n) is 12.0. The Bertz CT molecular complexity index is 442. The van der Waals surface area contributed by atoms with Crippen LogP contribution in [0, 0.1) is 0 Å². The minimum atomic E-state index is -0.960. The average Bonchev–Trinajstić information content (AvgIpc) is 3.13. The van der Waals surface area contributed by atoms with E-state index in [2.05, 4.69) is 48.5 Å². The molecule has 0 aromatic rings. The van der Waals surface area contributed by atoms with E-state index in [1.165, 1.54) is 5.57 Å². The highest BCUT2D eigenvalue weighted by molar-refractivity contribution is 9.09. The first kappa shape index (κ1) is 15.0. The fourth-order valence-electron chi connectivity index (χ4n) is 2.84. The van der Waals surface area contributed by atoms with Gasteiger partial charge in [0.15, 0.2) is 0 Å². The van der Waals surface area contributed by atoms with Crippen molar-refractivity contribution < 1.29 is 9.84 Å². The Labute approximate surface area is 124 Å². The van der Waals surface area contributed by atoms with Gasteiger partial charge in [-0.05, 0) is 45.6 Å². The third-order valence-electron chi connectivity index (χ3n) is 4.31. The number of rotatable bonds is 3. The second kappa shape index (κ2) is 5.19. The van der Waals surface area contributed by atoms with Gasteiger partial charge < -0.3 is 9.84 Å². The Morgan fingerprint density at radius 2 is 2.11 bits per heavy atom. The minimum absolute atomic E-state index is 0.126. The van der Waals surface area contributed by atoms with Gasteiger partial charge >= 0.3 is 0 Å². The van der Waals surface area contributed by atoms with E-state index in [1.54, 1.807) is 0 Å². The Balaban J connectivity index is 2.27. The van der Waals surface area contributed by atoms with Crippen LogP contribution in [0.5, 0.6) is 0 Å². The van der Waals surface area contributed by atoms with E-state index >= 15 is 0 Å². The quantitative estimate of drug-likeness (QED) is 0.484. The van der Waals surface area contributed by atoms with Crippen LogP contribution in [0.4, 0.5) is 0 Å². The molecule has 1 aliphatic carbocycles. The van der Waals surface area contributed by atoms with Crippen molar-refractivity contribution in [2.45, 2.75) is 56.1 Å². The molecule has 1 heterocycles. The predicted octanol–water partition coefficient (Wildman–Crippen LogP) is 3.90. The number of epoxide rings is 1. The maximum absolute atomic E-state index is 11.2. The fourth-order valence-corrected chi connectivity index (χ4v) is 3.85. The summed E-state index contributed by atoms with van der Waals surface area (Å²) in [6.45, 7) is 10.9. The van der Waals surface area contributed by atoms with Gasteiger partial charge in [0.2, 0.25) is 0 Å². The molecule has 0 aromatic carbocycles.